The van der Waals surface area contributed by atoms with Gasteiger partial charge in [-0.15, -0.1) is 6.58 Å². The largest absolute Gasteiger partial charge is 0.481 e. The molecule has 0 N–H and O–H groups in total. The second-order valence-corrected chi connectivity index (χ2v) is 5.49. The summed E-state index contributed by atoms with van der Waals surface area (Å²) < 4.78 is 5.74. The highest BCUT2D eigenvalue weighted by Crippen LogP contribution is 2.15. The molecule has 2 rings (SSSR count). The third-order valence-electron chi connectivity index (χ3n) is 3.75. The standard InChI is InChI=1S/C17H24N2O2/c1-4-9-18-10-12-19(13-11-18)17(20)15(3)21-16-7-5-14(2)6-8-16/h4-8,15H,1,9-13H2,2-3H3/t15-/m0/s1. The normalized spacial score (nSPS) is 17.3. The molecule has 1 aliphatic heterocycles. The van der Waals surface area contributed by atoms with Gasteiger partial charge in [0.15, 0.2) is 6.10 Å². The van der Waals surface area contributed by atoms with E-state index in [4.69, 9.17) is 4.74 Å². The zero-order valence-electron chi connectivity index (χ0n) is 12.9. The fourth-order valence-corrected chi connectivity index (χ4v) is 2.46. The number of carbonyl (C=O) groups is 1. The number of nitrogens with zero attached hydrogens (tertiary/aromatic N) is 2. The smallest absolute Gasteiger partial charge is 0.263 e. The van der Waals surface area contributed by atoms with Gasteiger partial charge < -0.3 is 9.64 Å². The van der Waals surface area contributed by atoms with E-state index in [1.165, 1.54) is 5.56 Å². The summed E-state index contributed by atoms with van der Waals surface area (Å²) in [6.07, 6.45) is 1.46. The molecule has 0 radical (unpaired) electrons. The summed E-state index contributed by atoms with van der Waals surface area (Å²) in [7, 11) is 0. The molecule has 1 fully saturated rings. The van der Waals surface area contributed by atoms with Crippen LogP contribution in [-0.4, -0.2) is 54.5 Å². The Morgan fingerprint density at radius 2 is 1.90 bits per heavy atom. The number of amides is 1. The van der Waals surface area contributed by atoms with E-state index in [0.29, 0.717) is 0 Å². The molecule has 1 saturated heterocycles. The summed E-state index contributed by atoms with van der Waals surface area (Å²) in [4.78, 5) is 16.6. The molecule has 1 heterocycles. The number of hydrogen-bond acceptors (Lipinski definition) is 3. The van der Waals surface area contributed by atoms with Gasteiger partial charge in [0.1, 0.15) is 5.75 Å². The lowest BCUT2D eigenvalue weighted by Crippen LogP contribution is -2.51. The Kier molecular flexibility index (Phi) is 5.39. The highest BCUT2D eigenvalue weighted by Gasteiger charge is 2.25. The number of aryl methyl sites for hydroxylation is 1. The molecule has 1 aromatic rings. The Morgan fingerprint density at radius 1 is 1.29 bits per heavy atom. The maximum absolute atomic E-state index is 12.4. The molecule has 1 aromatic carbocycles. The number of ether oxygens (including phenoxy) is 1. The van der Waals surface area contributed by atoms with Crippen LogP contribution in [0.2, 0.25) is 0 Å². The number of piperazine rings is 1. The molecule has 4 heteroatoms. The van der Waals surface area contributed by atoms with Crippen molar-refractivity contribution >= 4 is 5.91 Å². The second kappa shape index (κ2) is 7.27. The van der Waals surface area contributed by atoms with Crippen LogP contribution >= 0.6 is 0 Å². The Hall–Kier alpha value is -1.81. The van der Waals surface area contributed by atoms with Crippen molar-refractivity contribution in [2.45, 2.75) is 20.0 Å². The molecular weight excluding hydrogens is 264 g/mol. The van der Waals surface area contributed by atoms with E-state index in [-0.39, 0.29) is 5.91 Å². The molecule has 0 aliphatic carbocycles. The Morgan fingerprint density at radius 3 is 2.48 bits per heavy atom. The highest BCUT2D eigenvalue weighted by atomic mass is 16.5. The van der Waals surface area contributed by atoms with Gasteiger partial charge in [-0.3, -0.25) is 9.69 Å². The van der Waals surface area contributed by atoms with Crippen LogP contribution in [0.25, 0.3) is 0 Å². The van der Waals surface area contributed by atoms with Crippen molar-refractivity contribution in [1.82, 2.24) is 9.80 Å². The van der Waals surface area contributed by atoms with Crippen LogP contribution in [-0.2, 0) is 4.79 Å². The quantitative estimate of drug-likeness (QED) is 0.778. The van der Waals surface area contributed by atoms with Gasteiger partial charge >= 0.3 is 0 Å². The lowest BCUT2D eigenvalue weighted by Gasteiger charge is -2.35. The fourth-order valence-electron chi connectivity index (χ4n) is 2.46. The van der Waals surface area contributed by atoms with Gasteiger partial charge in [0, 0.05) is 32.7 Å². The zero-order chi connectivity index (χ0) is 15.2. The molecule has 0 bridgehead atoms. The summed E-state index contributed by atoms with van der Waals surface area (Å²) in [6.45, 7) is 11.8. The molecule has 21 heavy (non-hydrogen) atoms. The fraction of sp³-hybridized carbons (Fsp3) is 0.471. The van der Waals surface area contributed by atoms with E-state index >= 15 is 0 Å². The summed E-state index contributed by atoms with van der Waals surface area (Å²) in [5, 5.41) is 0. The molecule has 0 spiro atoms. The molecule has 1 atom stereocenters. The topological polar surface area (TPSA) is 32.8 Å². The zero-order valence-corrected chi connectivity index (χ0v) is 12.9. The molecule has 0 unspecified atom stereocenters. The summed E-state index contributed by atoms with van der Waals surface area (Å²) in [5.74, 6) is 0.806. The first-order chi connectivity index (χ1) is 10.1. The van der Waals surface area contributed by atoms with E-state index in [0.717, 1.165) is 38.5 Å². The van der Waals surface area contributed by atoms with E-state index < -0.39 is 6.10 Å². The van der Waals surface area contributed by atoms with Crippen LogP contribution < -0.4 is 4.74 Å². The van der Waals surface area contributed by atoms with Crippen molar-refractivity contribution < 1.29 is 9.53 Å². The molecule has 1 aliphatic rings. The molecular formula is C17H24N2O2. The first-order valence-corrected chi connectivity index (χ1v) is 7.45. The summed E-state index contributed by atoms with van der Waals surface area (Å²) in [5.41, 5.74) is 1.18. The molecule has 0 aromatic heterocycles. The minimum atomic E-state index is -0.446. The first-order valence-electron chi connectivity index (χ1n) is 7.45. The maximum Gasteiger partial charge on any atom is 0.263 e. The molecule has 1 amide bonds. The SMILES string of the molecule is C=CCN1CCN(C(=O)[C@H](C)Oc2ccc(C)cc2)CC1. The van der Waals surface area contributed by atoms with E-state index in [9.17, 15) is 4.79 Å². The van der Waals surface area contributed by atoms with Crippen LogP contribution in [0.4, 0.5) is 0 Å². The van der Waals surface area contributed by atoms with E-state index in [1.807, 2.05) is 49.1 Å². The predicted molar refractivity (Wildman–Crippen MR) is 84.5 cm³/mol. The van der Waals surface area contributed by atoms with Gasteiger partial charge in [-0.1, -0.05) is 23.8 Å². The van der Waals surface area contributed by atoms with Crippen molar-refractivity contribution in [3.05, 3.63) is 42.5 Å². The first kappa shape index (κ1) is 15.6. The van der Waals surface area contributed by atoms with Gasteiger partial charge in [-0.2, -0.15) is 0 Å². The van der Waals surface area contributed by atoms with Gasteiger partial charge in [0.05, 0.1) is 0 Å². The van der Waals surface area contributed by atoms with E-state index in [2.05, 4.69) is 11.5 Å². The Labute approximate surface area is 127 Å². The molecule has 0 saturated carbocycles. The van der Waals surface area contributed by atoms with Crippen LogP contribution in [0.3, 0.4) is 0 Å². The van der Waals surface area contributed by atoms with Crippen molar-refractivity contribution in [3.63, 3.8) is 0 Å². The van der Waals surface area contributed by atoms with Crippen LogP contribution in [0.15, 0.2) is 36.9 Å². The van der Waals surface area contributed by atoms with Gasteiger partial charge in [-0.25, -0.2) is 0 Å². The minimum Gasteiger partial charge on any atom is -0.481 e. The summed E-state index contributed by atoms with van der Waals surface area (Å²) >= 11 is 0. The second-order valence-electron chi connectivity index (χ2n) is 5.49. The van der Waals surface area contributed by atoms with Crippen molar-refractivity contribution in [2.24, 2.45) is 0 Å². The van der Waals surface area contributed by atoms with Gasteiger partial charge in [0.2, 0.25) is 0 Å². The lowest BCUT2D eigenvalue weighted by atomic mass is 10.2. The van der Waals surface area contributed by atoms with Crippen molar-refractivity contribution in [2.75, 3.05) is 32.7 Å². The van der Waals surface area contributed by atoms with Crippen LogP contribution in [0, 0.1) is 6.92 Å². The number of hydrogen-bond donors (Lipinski definition) is 0. The summed E-state index contributed by atoms with van der Waals surface area (Å²) in [6, 6.07) is 7.78. The maximum atomic E-state index is 12.4. The number of rotatable bonds is 5. The Bertz CT molecular complexity index is 476. The van der Waals surface area contributed by atoms with E-state index in [1.54, 1.807) is 0 Å². The monoisotopic (exact) mass is 288 g/mol. The third kappa shape index (κ3) is 4.33. The average molecular weight is 288 g/mol. The third-order valence-corrected chi connectivity index (χ3v) is 3.75. The van der Waals surface area contributed by atoms with Gasteiger partial charge in [-0.05, 0) is 26.0 Å². The highest BCUT2D eigenvalue weighted by molar-refractivity contribution is 5.81. The van der Waals surface area contributed by atoms with Crippen LogP contribution in [0.5, 0.6) is 5.75 Å². The minimum absolute atomic E-state index is 0.0637. The lowest BCUT2D eigenvalue weighted by molar-refractivity contribution is -0.139. The molecule has 4 nitrogen and oxygen atoms in total. The molecule has 114 valence electrons. The average Bonchev–Trinajstić information content (AvgIpc) is 2.50. The van der Waals surface area contributed by atoms with Crippen molar-refractivity contribution in [3.8, 4) is 5.75 Å². The predicted octanol–water partition coefficient (Wildman–Crippen LogP) is 2.09. The van der Waals surface area contributed by atoms with Crippen molar-refractivity contribution in [1.29, 1.82) is 0 Å². The number of benzene rings is 1. The van der Waals surface area contributed by atoms with Crippen LogP contribution in [0.1, 0.15) is 12.5 Å². The van der Waals surface area contributed by atoms with Gasteiger partial charge in [0.25, 0.3) is 5.91 Å². The number of carbonyl (C=O) groups excluding carboxylic acids is 1. The Balaban J connectivity index is 1.85.